The monoisotopic (exact) mass is 517 g/mol. The van der Waals surface area contributed by atoms with Crippen molar-refractivity contribution < 1.29 is 23.8 Å². The second-order valence-corrected chi connectivity index (χ2v) is 9.29. The molecule has 2 heterocycles. The van der Waals surface area contributed by atoms with E-state index in [9.17, 15) is 14.7 Å². The fourth-order valence-electron chi connectivity index (χ4n) is 3.71. The minimum absolute atomic E-state index is 0.243. The highest BCUT2D eigenvalue weighted by Gasteiger charge is 2.19. The van der Waals surface area contributed by atoms with E-state index >= 15 is 0 Å². The fourth-order valence-corrected chi connectivity index (χ4v) is 4.25. The predicted octanol–water partition coefficient (Wildman–Crippen LogP) is 5.10. The molecule has 2 N–H and O–H groups in total. The van der Waals surface area contributed by atoms with Crippen LogP contribution in [0.3, 0.4) is 0 Å². The van der Waals surface area contributed by atoms with Gasteiger partial charge in [-0.1, -0.05) is 30.3 Å². The summed E-state index contributed by atoms with van der Waals surface area (Å²) in [4.78, 5) is 32.5. The van der Waals surface area contributed by atoms with Crippen molar-refractivity contribution in [2.75, 3.05) is 6.61 Å². The first-order valence-electron chi connectivity index (χ1n) is 11.7. The van der Waals surface area contributed by atoms with Gasteiger partial charge < -0.3 is 19.6 Å². The maximum atomic E-state index is 12.2. The largest absolute Gasteiger partial charge is 0.493 e. The van der Waals surface area contributed by atoms with E-state index in [2.05, 4.69) is 15.3 Å². The zero-order valence-electron chi connectivity index (χ0n) is 20.5. The number of carboxylic acids is 1. The van der Waals surface area contributed by atoms with Gasteiger partial charge in [0.25, 0.3) is 0 Å². The second kappa shape index (κ2) is 12.1. The van der Waals surface area contributed by atoms with Gasteiger partial charge >= 0.3 is 5.97 Å². The topological polar surface area (TPSA) is 115 Å². The summed E-state index contributed by atoms with van der Waals surface area (Å²) < 4.78 is 11.7. The van der Waals surface area contributed by atoms with E-state index in [1.807, 2.05) is 61.5 Å². The van der Waals surface area contributed by atoms with Crippen LogP contribution in [0.1, 0.15) is 33.7 Å². The van der Waals surface area contributed by atoms with Crippen molar-refractivity contribution in [2.45, 2.75) is 32.7 Å². The Morgan fingerprint density at radius 1 is 1.16 bits per heavy atom. The molecule has 9 heteroatoms. The fraction of sp³-hybridized carbons (Fsp3) is 0.214. The van der Waals surface area contributed by atoms with Crippen molar-refractivity contribution >= 4 is 23.1 Å². The quantitative estimate of drug-likeness (QED) is 0.197. The molecule has 37 heavy (non-hydrogen) atoms. The highest BCUT2D eigenvalue weighted by Crippen LogP contribution is 2.22. The lowest BCUT2D eigenvalue weighted by molar-refractivity contribution is -0.139. The Morgan fingerprint density at radius 3 is 2.59 bits per heavy atom. The predicted molar refractivity (Wildman–Crippen MR) is 141 cm³/mol. The minimum atomic E-state index is -1.01. The van der Waals surface area contributed by atoms with Crippen LogP contribution in [0.25, 0.3) is 11.5 Å². The Hall–Kier alpha value is -4.24. The summed E-state index contributed by atoms with van der Waals surface area (Å²) in [5.41, 5.74) is 3.07. The molecule has 0 spiro atoms. The molecule has 0 bridgehead atoms. The summed E-state index contributed by atoms with van der Waals surface area (Å²) in [6, 6.07) is 16.2. The molecular weight excluding hydrogens is 490 g/mol. The average molecular weight is 518 g/mol. The van der Waals surface area contributed by atoms with Crippen LogP contribution in [0, 0.1) is 6.92 Å². The molecule has 0 fully saturated rings. The molecule has 0 unspecified atom stereocenters. The molecule has 0 aliphatic heterocycles. The molecule has 2 aromatic carbocycles. The first kappa shape index (κ1) is 25.8. The molecule has 190 valence electrons. The summed E-state index contributed by atoms with van der Waals surface area (Å²) in [6.07, 6.45) is 3.76. The van der Waals surface area contributed by atoms with Gasteiger partial charge in [0.1, 0.15) is 17.6 Å². The lowest BCUT2D eigenvalue weighted by Crippen LogP contribution is -2.37. The maximum absolute atomic E-state index is 12.2. The average Bonchev–Trinajstić information content (AvgIpc) is 3.56. The normalized spacial score (nSPS) is 12.2. The molecule has 1 atom stereocenters. The summed E-state index contributed by atoms with van der Waals surface area (Å²) >= 11 is 1.24. The van der Waals surface area contributed by atoms with Gasteiger partial charge in [-0.3, -0.25) is 4.79 Å². The highest BCUT2D eigenvalue weighted by atomic mass is 32.1. The van der Waals surface area contributed by atoms with Crippen LogP contribution in [-0.2, 0) is 17.6 Å². The maximum Gasteiger partial charge on any atom is 0.326 e. The summed E-state index contributed by atoms with van der Waals surface area (Å²) in [5.74, 6) is 0.771. The Bertz CT molecular complexity index is 1360. The number of oxazole rings is 1. The number of hydrogen-bond donors (Lipinski definition) is 2. The molecule has 0 saturated carbocycles. The number of nitrogens with zero attached hydrogens (tertiary/aromatic N) is 2. The van der Waals surface area contributed by atoms with Crippen molar-refractivity contribution in [1.82, 2.24) is 15.3 Å². The number of thiazole rings is 1. The van der Waals surface area contributed by atoms with Gasteiger partial charge in [-0.05, 0) is 43.7 Å². The standard InChI is InChI=1S/C28H27N3O5S/c1-18(16-25(32)27-29-13-15-37-27)30-24(28(33)34)17-20-8-10-22(11-9-20)35-14-12-23-19(2)36-26(31-23)21-6-4-3-5-7-21/h3-11,13,15-16,24,30H,12,14,17H2,1-2H3,(H,33,34)/t24-/m0/s1. The van der Waals surface area contributed by atoms with Gasteiger partial charge in [-0.25, -0.2) is 14.8 Å². The van der Waals surface area contributed by atoms with E-state index in [-0.39, 0.29) is 12.2 Å². The minimum Gasteiger partial charge on any atom is -0.493 e. The van der Waals surface area contributed by atoms with Crippen LogP contribution in [0.15, 0.2) is 82.4 Å². The van der Waals surface area contributed by atoms with Crippen LogP contribution < -0.4 is 10.1 Å². The van der Waals surface area contributed by atoms with Crippen molar-refractivity contribution in [2.24, 2.45) is 0 Å². The Labute approximate surface area is 218 Å². The van der Waals surface area contributed by atoms with Gasteiger partial charge in [0.05, 0.1) is 12.3 Å². The zero-order chi connectivity index (χ0) is 26.2. The molecule has 4 aromatic rings. The molecule has 2 aromatic heterocycles. The van der Waals surface area contributed by atoms with Crippen LogP contribution >= 0.6 is 11.3 Å². The smallest absolute Gasteiger partial charge is 0.326 e. The summed E-state index contributed by atoms with van der Waals surface area (Å²) in [5, 5.41) is 14.6. The number of aliphatic carboxylic acids is 1. The Kier molecular flexibility index (Phi) is 8.48. The molecule has 0 aliphatic carbocycles. The number of hydrogen-bond acceptors (Lipinski definition) is 8. The van der Waals surface area contributed by atoms with E-state index in [0.29, 0.717) is 35.4 Å². The van der Waals surface area contributed by atoms with Crippen LogP contribution in [0.2, 0.25) is 0 Å². The third-order valence-electron chi connectivity index (χ3n) is 5.57. The number of carbonyl (C=O) groups excluding carboxylic acids is 1. The van der Waals surface area contributed by atoms with E-state index in [0.717, 1.165) is 22.6 Å². The van der Waals surface area contributed by atoms with Crippen molar-refractivity contribution in [3.05, 3.63) is 100.0 Å². The number of nitrogens with one attached hydrogen (secondary N) is 1. The Balaban J connectivity index is 1.30. The lowest BCUT2D eigenvalue weighted by Gasteiger charge is -2.16. The van der Waals surface area contributed by atoms with Crippen molar-refractivity contribution in [1.29, 1.82) is 0 Å². The second-order valence-electron chi connectivity index (χ2n) is 8.40. The highest BCUT2D eigenvalue weighted by molar-refractivity contribution is 7.11. The number of benzene rings is 2. The van der Waals surface area contributed by atoms with Gasteiger partial charge in [0, 0.05) is 41.8 Å². The Morgan fingerprint density at radius 2 is 1.92 bits per heavy atom. The SMILES string of the molecule is CC(=CC(=O)c1nccs1)N[C@@H](Cc1ccc(OCCc2nc(-c3ccccc3)oc2C)cc1)C(=O)O. The van der Waals surface area contributed by atoms with Crippen LogP contribution in [0.5, 0.6) is 5.75 Å². The van der Waals surface area contributed by atoms with Gasteiger partial charge in [0.15, 0.2) is 5.01 Å². The van der Waals surface area contributed by atoms with Gasteiger partial charge in [-0.15, -0.1) is 11.3 Å². The number of allylic oxidation sites excluding steroid dienone is 2. The first-order valence-corrected chi connectivity index (χ1v) is 12.6. The van der Waals surface area contributed by atoms with E-state index in [1.165, 1.54) is 17.4 Å². The number of carbonyl (C=O) groups is 2. The number of ether oxygens (including phenoxy) is 1. The first-order chi connectivity index (χ1) is 17.9. The number of aromatic nitrogens is 2. The number of aryl methyl sites for hydroxylation is 1. The number of ketones is 1. The van der Waals surface area contributed by atoms with Crippen molar-refractivity contribution in [3.63, 3.8) is 0 Å². The molecule has 0 aliphatic rings. The lowest BCUT2D eigenvalue weighted by atomic mass is 10.1. The third kappa shape index (κ3) is 7.14. The number of rotatable bonds is 12. The molecule has 0 amide bonds. The molecular formula is C28H27N3O5S. The molecule has 4 rings (SSSR count). The van der Waals surface area contributed by atoms with E-state index < -0.39 is 12.0 Å². The molecule has 0 radical (unpaired) electrons. The zero-order valence-corrected chi connectivity index (χ0v) is 21.3. The number of carboxylic acid groups (broad SMARTS) is 1. The van der Waals surface area contributed by atoms with Crippen LogP contribution in [0.4, 0.5) is 0 Å². The van der Waals surface area contributed by atoms with E-state index in [4.69, 9.17) is 9.15 Å². The summed E-state index contributed by atoms with van der Waals surface area (Å²) in [6.45, 7) is 3.98. The van der Waals surface area contributed by atoms with E-state index in [1.54, 1.807) is 18.5 Å². The third-order valence-corrected chi connectivity index (χ3v) is 6.36. The summed E-state index contributed by atoms with van der Waals surface area (Å²) in [7, 11) is 0. The van der Waals surface area contributed by atoms with Crippen LogP contribution in [-0.4, -0.2) is 39.5 Å². The molecule has 0 saturated heterocycles. The molecule has 8 nitrogen and oxygen atoms in total. The van der Waals surface area contributed by atoms with Crippen molar-refractivity contribution in [3.8, 4) is 17.2 Å². The van der Waals surface area contributed by atoms with Gasteiger partial charge in [0.2, 0.25) is 11.7 Å². The van der Waals surface area contributed by atoms with Gasteiger partial charge in [-0.2, -0.15) is 0 Å².